The van der Waals surface area contributed by atoms with Crippen LogP contribution in [0.15, 0.2) is 42.7 Å². The van der Waals surface area contributed by atoms with E-state index in [2.05, 4.69) is 50.3 Å². The number of benzene rings is 1. The first-order valence-electron chi connectivity index (χ1n) is 10.2. The average molecular weight is 367 g/mol. The minimum Gasteiger partial charge on any atom is -0.342 e. The zero-order valence-electron chi connectivity index (χ0n) is 16.1. The second-order valence-corrected chi connectivity index (χ2v) is 8.33. The van der Waals surface area contributed by atoms with Crippen molar-refractivity contribution in [3.63, 3.8) is 0 Å². The molecule has 2 aliphatic heterocycles. The molecule has 0 aliphatic carbocycles. The van der Waals surface area contributed by atoms with E-state index in [1.807, 2.05) is 12.4 Å². The van der Waals surface area contributed by atoms with Gasteiger partial charge in [0.15, 0.2) is 0 Å². The largest absolute Gasteiger partial charge is 0.342 e. The number of aromatic nitrogens is 2. The number of rotatable bonds is 5. The van der Waals surface area contributed by atoms with Gasteiger partial charge in [0.25, 0.3) is 0 Å². The molecule has 0 radical (unpaired) electrons. The summed E-state index contributed by atoms with van der Waals surface area (Å²) < 4.78 is 0. The van der Waals surface area contributed by atoms with Gasteiger partial charge in [0.1, 0.15) is 0 Å². The summed E-state index contributed by atoms with van der Waals surface area (Å²) in [4.78, 5) is 17.5. The smallest absolute Gasteiger partial charge is 0.222 e. The van der Waals surface area contributed by atoms with Crippen molar-refractivity contribution in [3.8, 4) is 0 Å². The van der Waals surface area contributed by atoms with E-state index >= 15 is 0 Å². The first-order chi connectivity index (χ1) is 13.2. The summed E-state index contributed by atoms with van der Waals surface area (Å²) in [5, 5.41) is 6.79. The maximum Gasteiger partial charge on any atom is 0.222 e. The Morgan fingerprint density at radius 2 is 1.89 bits per heavy atom. The van der Waals surface area contributed by atoms with E-state index in [9.17, 15) is 4.79 Å². The van der Waals surface area contributed by atoms with Crippen LogP contribution in [0.4, 0.5) is 0 Å². The van der Waals surface area contributed by atoms with Crippen LogP contribution in [0, 0.1) is 5.41 Å². The van der Waals surface area contributed by atoms with Crippen molar-refractivity contribution in [2.75, 3.05) is 26.2 Å². The van der Waals surface area contributed by atoms with Crippen molar-refractivity contribution < 1.29 is 4.79 Å². The Morgan fingerprint density at radius 1 is 1.07 bits per heavy atom. The molecule has 4 rings (SSSR count). The van der Waals surface area contributed by atoms with E-state index in [1.54, 1.807) is 0 Å². The van der Waals surface area contributed by atoms with Crippen molar-refractivity contribution >= 4 is 5.91 Å². The van der Waals surface area contributed by atoms with Crippen LogP contribution in [0.25, 0.3) is 0 Å². The quantitative estimate of drug-likeness (QED) is 0.884. The topological polar surface area (TPSA) is 52.2 Å². The van der Waals surface area contributed by atoms with E-state index in [0.29, 0.717) is 12.3 Å². The normalized spacial score (nSPS) is 23.6. The number of piperidine rings is 2. The molecule has 0 bridgehead atoms. The van der Waals surface area contributed by atoms with Gasteiger partial charge in [-0.15, -0.1) is 0 Å². The third kappa shape index (κ3) is 4.59. The van der Waals surface area contributed by atoms with Crippen LogP contribution < -0.4 is 0 Å². The van der Waals surface area contributed by atoms with Gasteiger partial charge in [-0.1, -0.05) is 30.3 Å². The molecule has 1 amide bonds. The van der Waals surface area contributed by atoms with Gasteiger partial charge in [-0.2, -0.15) is 5.10 Å². The summed E-state index contributed by atoms with van der Waals surface area (Å²) in [6, 6.07) is 10.8. The molecule has 1 aromatic heterocycles. The van der Waals surface area contributed by atoms with Gasteiger partial charge in [-0.05, 0) is 49.8 Å². The number of carbonyl (C=O) groups excluding carboxylic acids is 1. The molecular formula is C22H30N4O. The molecule has 2 fully saturated rings. The Morgan fingerprint density at radius 3 is 2.67 bits per heavy atom. The van der Waals surface area contributed by atoms with E-state index in [0.717, 1.165) is 44.6 Å². The molecule has 3 heterocycles. The first-order valence-corrected chi connectivity index (χ1v) is 10.2. The van der Waals surface area contributed by atoms with E-state index in [4.69, 9.17) is 0 Å². The third-order valence-corrected chi connectivity index (χ3v) is 6.19. The van der Waals surface area contributed by atoms with Gasteiger partial charge in [0, 0.05) is 44.2 Å². The van der Waals surface area contributed by atoms with E-state index < -0.39 is 0 Å². The molecule has 2 saturated heterocycles. The zero-order chi connectivity index (χ0) is 18.5. The average Bonchev–Trinajstić information content (AvgIpc) is 3.21. The second-order valence-electron chi connectivity index (χ2n) is 8.33. The Bertz CT molecular complexity index is 726. The minimum atomic E-state index is 0.288. The fraction of sp³-hybridized carbons (Fsp3) is 0.545. The summed E-state index contributed by atoms with van der Waals surface area (Å²) >= 11 is 0. The Hall–Kier alpha value is -2.14. The molecule has 1 aromatic carbocycles. The number of nitrogens with zero attached hydrogens (tertiary/aromatic N) is 3. The standard InChI is InChI=1S/C22H30N4O/c27-21(9-8-20-14-23-24-15-20)26-13-5-11-22(18-26)10-4-12-25(17-22)16-19-6-2-1-3-7-19/h1-3,6-7,14-15H,4-5,8-13,16-18H2,(H,23,24)/t22-/m1/s1. The van der Waals surface area contributed by atoms with E-state index in [-0.39, 0.29) is 5.41 Å². The fourth-order valence-corrected chi connectivity index (χ4v) is 4.86. The van der Waals surface area contributed by atoms with Crippen LogP contribution in [0.2, 0.25) is 0 Å². The molecule has 5 heteroatoms. The van der Waals surface area contributed by atoms with Gasteiger partial charge in [-0.3, -0.25) is 14.8 Å². The number of hydrogen-bond acceptors (Lipinski definition) is 3. The number of amides is 1. The van der Waals surface area contributed by atoms with Crippen LogP contribution >= 0.6 is 0 Å². The summed E-state index contributed by atoms with van der Waals surface area (Å²) in [5.74, 6) is 0.301. The van der Waals surface area contributed by atoms with Crippen LogP contribution in [0.5, 0.6) is 0 Å². The first kappa shape index (κ1) is 18.2. The van der Waals surface area contributed by atoms with Gasteiger partial charge < -0.3 is 4.90 Å². The molecule has 0 unspecified atom stereocenters. The zero-order valence-corrected chi connectivity index (χ0v) is 16.1. The van der Waals surface area contributed by atoms with Crippen LogP contribution in [0.3, 0.4) is 0 Å². The van der Waals surface area contributed by atoms with Crippen molar-refractivity contribution in [1.29, 1.82) is 0 Å². The second kappa shape index (κ2) is 8.26. The SMILES string of the molecule is O=C(CCc1cn[nH]c1)N1CCC[C@@]2(CCCN(Cc3ccccc3)C2)C1. The Labute approximate surface area is 161 Å². The molecule has 2 aliphatic rings. The number of aromatic amines is 1. The van der Waals surface area contributed by atoms with Gasteiger partial charge in [0.05, 0.1) is 6.20 Å². The van der Waals surface area contributed by atoms with Gasteiger partial charge in [0.2, 0.25) is 5.91 Å². The summed E-state index contributed by atoms with van der Waals surface area (Å²) in [7, 11) is 0. The molecule has 1 spiro atoms. The fourth-order valence-electron chi connectivity index (χ4n) is 4.86. The highest BCUT2D eigenvalue weighted by Gasteiger charge is 2.40. The lowest BCUT2D eigenvalue weighted by atomic mass is 9.73. The predicted octanol–water partition coefficient (Wildman–Crippen LogP) is 3.25. The molecule has 27 heavy (non-hydrogen) atoms. The lowest BCUT2D eigenvalue weighted by Crippen LogP contribution is -2.53. The maximum atomic E-state index is 12.8. The molecule has 0 saturated carbocycles. The van der Waals surface area contributed by atoms with Crippen LogP contribution in [-0.2, 0) is 17.8 Å². The minimum absolute atomic E-state index is 0.288. The lowest BCUT2D eigenvalue weighted by Gasteiger charge is -2.48. The van der Waals surface area contributed by atoms with Crippen LogP contribution in [0.1, 0.15) is 43.2 Å². The monoisotopic (exact) mass is 366 g/mol. The third-order valence-electron chi connectivity index (χ3n) is 6.19. The summed E-state index contributed by atoms with van der Waals surface area (Å²) in [5.41, 5.74) is 2.79. The Kier molecular flexibility index (Phi) is 5.58. The maximum absolute atomic E-state index is 12.8. The van der Waals surface area contributed by atoms with Gasteiger partial charge in [-0.25, -0.2) is 0 Å². The lowest BCUT2D eigenvalue weighted by molar-refractivity contribution is -0.136. The summed E-state index contributed by atoms with van der Waals surface area (Å²) in [6.07, 6.45) is 9.94. The molecule has 5 nitrogen and oxygen atoms in total. The number of likely N-dealkylation sites (tertiary alicyclic amines) is 2. The highest BCUT2D eigenvalue weighted by molar-refractivity contribution is 5.76. The highest BCUT2D eigenvalue weighted by atomic mass is 16.2. The van der Waals surface area contributed by atoms with Crippen molar-refractivity contribution in [2.24, 2.45) is 5.41 Å². The van der Waals surface area contributed by atoms with Crippen molar-refractivity contribution in [2.45, 2.75) is 45.1 Å². The molecule has 2 aromatic rings. The van der Waals surface area contributed by atoms with Crippen molar-refractivity contribution in [3.05, 3.63) is 53.9 Å². The van der Waals surface area contributed by atoms with Crippen LogP contribution in [-0.4, -0.2) is 52.1 Å². The number of nitrogens with one attached hydrogen (secondary N) is 1. The molecule has 1 N–H and O–H groups in total. The molecule has 1 atom stereocenters. The molecular weight excluding hydrogens is 336 g/mol. The summed E-state index contributed by atoms with van der Waals surface area (Å²) in [6.45, 7) is 5.17. The number of aryl methyl sites for hydroxylation is 1. The number of carbonyl (C=O) groups is 1. The van der Waals surface area contributed by atoms with Crippen molar-refractivity contribution in [1.82, 2.24) is 20.0 Å². The Balaban J connectivity index is 1.35. The highest BCUT2D eigenvalue weighted by Crippen LogP contribution is 2.39. The van der Waals surface area contributed by atoms with Gasteiger partial charge >= 0.3 is 0 Å². The predicted molar refractivity (Wildman–Crippen MR) is 106 cm³/mol. The number of hydrogen-bond donors (Lipinski definition) is 1. The number of H-pyrrole nitrogens is 1. The molecule has 144 valence electrons. The van der Waals surface area contributed by atoms with E-state index in [1.165, 1.54) is 31.4 Å².